The van der Waals surface area contributed by atoms with Gasteiger partial charge in [0, 0.05) is 64.8 Å². The third-order valence-corrected chi connectivity index (χ3v) is 11.4. The summed E-state index contributed by atoms with van der Waals surface area (Å²) in [5.41, 5.74) is 8.39. The summed E-state index contributed by atoms with van der Waals surface area (Å²) in [6.45, 7) is 7.78. The molecule has 3 aromatic heterocycles. The number of aryl methyl sites for hydroxylation is 2. The highest BCUT2D eigenvalue weighted by molar-refractivity contribution is 7.15. The Morgan fingerprint density at radius 2 is 1.67 bits per heavy atom. The first-order chi connectivity index (χ1) is 23.7. The Labute approximate surface area is 294 Å². The molecule has 0 spiro atoms. The summed E-state index contributed by atoms with van der Waals surface area (Å²) >= 11 is 7.95. The van der Waals surface area contributed by atoms with Gasteiger partial charge in [-0.15, -0.1) is 21.5 Å². The molecule has 11 heteroatoms. The van der Waals surface area contributed by atoms with E-state index < -0.39 is 6.04 Å². The molecule has 2 aromatic carbocycles. The number of Topliss-reactive ketones (excluding diaryl/α,β-unsaturated/α-hetero) is 1. The number of nitrogens with one attached hydrogen (secondary N) is 1. The molecule has 0 unspecified atom stereocenters. The number of piperidine rings is 1. The third kappa shape index (κ3) is 5.97. The van der Waals surface area contributed by atoms with Crippen molar-refractivity contribution in [1.29, 1.82) is 0 Å². The van der Waals surface area contributed by atoms with Crippen molar-refractivity contribution >= 4 is 46.2 Å². The van der Waals surface area contributed by atoms with Gasteiger partial charge in [0.25, 0.3) is 0 Å². The number of aromatic nitrogens is 4. The number of hydrogen-bond donors (Lipinski definition) is 1. The summed E-state index contributed by atoms with van der Waals surface area (Å²) in [4.78, 5) is 39.0. The zero-order valence-corrected chi connectivity index (χ0v) is 29.2. The van der Waals surface area contributed by atoms with E-state index in [9.17, 15) is 9.59 Å². The molecule has 0 saturated carbocycles. The highest BCUT2D eigenvalue weighted by atomic mass is 35.5. The topological polar surface area (TPSA) is 105 Å². The molecule has 5 heterocycles. The van der Waals surface area contributed by atoms with Gasteiger partial charge in [0.05, 0.1) is 12.1 Å². The van der Waals surface area contributed by atoms with E-state index in [1.807, 2.05) is 37.4 Å². The van der Waals surface area contributed by atoms with Gasteiger partial charge in [0.2, 0.25) is 5.91 Å². The number of carbonyl (C=O) groups is 2. The van der Waals surface area contributed by atoms with Crippen LogP contribution in [-0.2, 0) is 22.4 Å². The number of fused-ring (bicyclic) bond motifs is 4. The molecule has 1 saturated heterocycles. The van der Waals surface area contributed by atoms with Crippen molar-refractivity contribution in [3.05, 3.63) is 110 Å². The Kier molecular flexibility index (Phi) is 8.16. The molecule has 0 radical (unpaired) electrons. The Morgan fingerprint density at radius 3 is 2.43 bits per heavy atom. The summed E-state index contributed by atoms with van der Waals surface area (Å²) in [6, 6.07) is 17.7. The summed E-state index contributed by atoms with van der Waals surface area (Å²) in [6.07, 6.45) is 4.79. The number of hydrogen-bond acceptors (Lipinski definition) is 8. The van der Waals surface area contributed by atoms with Crippen LogP contribution in [0.25, 0.3) is 16.1 Å². The first kappa shape index (κ1) is 31.6. The van der Waals surface area contributed by atoms with Gasteiger partial charge >= 0.3 is 0 Å². The lowest BCUT2D eigenvalue weighted by Gasteiger charge is -2.33. The van der Waals surface area contributed by atoms with E-state index >= 15 is 0 Å². The number of thiophene rings is 1. The van der Waals surface area contributed by atoms with Crippen LogP contribution >= 0.6 is 22.9 Å². The number of anilines is 1. The fourth-order valence-corrected chi connectivity index (χ4v) is 8.56. The number of carbonyl (C=O) groups excluding carboxylic acids is 2. The number of nitrogens with zero attached hydrogens (tertiary/aromatic N) is 6. The zero-order chi connectivity index (χ0) is 33.8. The fourth-order valence-electron chi connectivity index (χ4n) is 7.22. The summed E-state index contributed by atoms with van der Waals surface area (Å²) in [7, 11) is 0. The number of ketones is 1. The average Bonchev–Trinajstić information content (AvgIpc) is 3.73. The molecule has 1 amide bonds. The van der Waals surface area contributed by atoms with Crippen LogP contribution in [0.1, 0.15) is 69.6 Å². The third-order valence-electron chi connectivity index (χ3n) is 9.98. The Morgan fingerprint density at radius 1 is 0.939 bits per heavy atom. The van der Waals surface area contributed by atoms with E-state index in [1.165, 1.54) is 4.88 Å². The minimum atomic E-state index is -0.500. The molecule has 9 nitrogen and oxygen atoms in total. The van der Waals surface area contributed by atoms with E-state index in [4.69, 9.17) is 21.6 Å². The van der Waals surface area contributed by atoms with E-state index in [0.29, 0.717) is 23.7 Å². The highest BCUT2D eigenvalue weighted by Gasteiger charge is 2.33. The smallest absolute Gasteiger partial charge is 0.222 e. The van der Waals surface area contributed by atoms with Crippen molar-refractivity contribution in [2.75, 3.05) is 18.0 Å². The van der Waals surface area contributed by atoms with Gasteiger partial charge in [-0.2, -0.15) is 0 Å². The molecule has 1 aliphatic carbocycles. The lowest BCUT2D eigenvalue weighted by atomic mass is 9.99. The van der Waals surface area contributed by atoms with E-state index in [0.717, 1.165) is 87.2 Å². The summed E-state index contributed by atoms with van der Waals surface area (Å²) in [5, 5.41) is 13.9. The Balaban J connectivity index is 0.955. The molecule has 1 atom stereocenters. The average molecular weight is 690 g/mol. The molecule has 8 rings (SSSR count). The maximum atomic E-state index is 13.6. The number of benzene rings is 2. The minimum Gasteiger partial charge on any atom is -0.356 e. The SMILES string of the molecule is Cc1sc2c(c1C)C(c1ccc(Cl)cc1)=N[C@@H](CC(=O)NC1CCN(c3ccc(-c4ccc5c(c4)CC(=O)C5)cn3)CC1)c1nnc(C)n1-2. The van der Waals surface area contributed by atoms with Gasteiger partial charge in [0.1, 0.15) is 28.5 Å². The molecular weight excluding hydrogens is 654 g/mol. The lowest BCUT2D eigenvalue weighted by molar-refractivity contribution is -0.122. The number of pyridine rings is 1. The fraction of sp³-hybridized carbons (Fsp3) is 0.316. The van der Waals surface area contributed by atoms with Crippen molar-refractivity contribution in [2.45, 2.75) is 65.0 Å². The molecule has 2 aliphatic heterocycles. The van der Waals surface area contributed by atoms with Crippen LogP contribution in [0.15, 0.2) is 65.8 Å². The predicted octanol–water partition coefficient (Wildman–Crippen LogP) is 6.70. The minimum absolute atomic E-state index is 0.0495. The lowest BCUT2D eigenvalue weighted by Crippen LogP contribution is -2.45. The van der Waals surface area contributed by atoms with Crippen molar-refractivity contribution in [1.82, 2.24) is 25.1 Å². The van der Waals surface area contributed by atoms with Crippen molar-refractivity contribution in [3.8, 4) is 16.1 Å². The maximum absolute atomic E-state index is 13.6. The quantitative estimate of drug-likeness (QED) is 0.213. The van der Waals surface area contributed by atoms with Crippen LogP contribution < -0.4 is 10.2 Å². The van der Waals surface area contributed by atoms with Crippen molar-refractivity contribution < 1.29 is 9.59 Å². The normalized spacial score (nSPS) is 17.3. The Hall–Kier alpha value is -4.67. The van der Waals surface area contributed by atoms with Gasteiger partial charge < -0.3 is 10.2 Å². The first-order valence-corrected chi connectivity index (χ1v) is 17.9. The van der Waals surface area contributed by atoms with Crippen molar-refractivity contribution in [3.63, 3.8) is 0 Å². The van der Waals surface area contributed by atoms with Gasteiger partial charge in [-0.1, -0.05) is 41.9 Å². The molecule has 49 heavy (non-hydrogen) atoms. The van der Waals surface area contributed by atoms with E-state index in [-0.39, 0.29) is 24.2 Å². The van der Waals surface area contributed by atoms with E-state index in [1.54, 1.807) is 11.3 Å². The van der Waals surface area contributed by atoms with E-state index in [2.05, 4.69) is 69.2 Å². The number of rotatable bonds is 6. The van der Waals surface area contributed by atoms with Crippen LogP contribution in [0.3, 0.4) is 0 Å². The molecule has 248 valence electrons. The second kappa shape index (κ2) is 12.7. The second-order valence-electron chi connectivity index (χ2n) is 13.2. The van der Waals surface area contributed by atoms with Gasteiger partial charge in [0.15, 0.2) is 5.82 Å². The maximum Gasteiger partial charge on any atom is 0.222 e. The number of amides is 1. The van der Waals surface area contributed by atoms with Crippen LogP contribution in [0.4, 0.5) is 5.82 Å². The van der Waals surface area contributed by atoms with Gasteiger partial charge in [-0.05, 0) is 80.1 Å². The van der Waals surface area contributed by atoms with Crippen LogP contribution in [0.5, 0.6) is 0 Å². The second-order valence-corrected chi connectivity index (χ2v) is 14.9. The van der Waals surface area contributed by atoms with Gasteiger partial charge in [-0.3, -0.25) is 19.1 Å². The standard InChI is InChI=1S/C38H36ClN7O2S/c1-21-22(2)49-38-35(21)36(24-6-9-29(39)10-7-24)42-32(37-44-43-23(3)46(37)38)19-34(48)41-30-12-14-45(15-13-30)33-11-8-27(20-40-33)25-4-5-26-17-31(47)18-28(26)16-25/h4-11,16,20,30,32H,12-15,17-19H2,1-3H3,(H,41,48)/t32-/m0/s1. The number of halogens is 1. The molecular formula is C38H36ClN7O2S. The van der Waals surface area contributed by atoms with Crippen LogP contribution in [-0.4, -0.2) is 56.3 Å². The molecule has 1 N–H and O–H groups in total. The van der Waals surface area contributed by atoms with Gasteiger partial charge in [-0.25, -0.2) is 4.98 Å². The first-order valence-electron chi connectivity index (χ1n) is 16.7. The van der Waals surface area contributed by atoms with Crippen molar-refractivity contribution in [2.24, 2.45) is 4.99 Å². The molecule has 1 fully saturated rings. The largest absolute Gasteiger partial charge is 0.356 e. The number of aliphatic imine (C=N–C) groups is 1. The summed E-state index contributed by atoms with van der Waals surface area (Å²) in [5.74, 6) is 2.61. The summed E-state index contributed by atoms with van der Waals surface area (Å²) < 4.78 is 2.08. The zero-order valence-electron chi connectivity index (χ0n) is 27.7. The molecule has 5 aromatic rings. The Bertz CT molecular complexity index is 2130. The molecule has 3 aliphatic rings. The predicted molar refractivity (Wildman–Crippen MR) is 193 cm³/mol. The monoisotopic (exact) mass is 689 g/mol. The highest BCUT2D eigenvalue weighted by Crippen LogP contribution is 2.39. The van der Waals surface area contributed by atoms with Crippen LogP contribution in [0, 0.1) is 20.8 Å². The van der Waals surface area contributed by atoms with Crippen LogP contribution in [0.2, 0.25) is 5.02 Å². The molecule has 0 bridgehead atoms.